The molecule has 0 fully saturated rings. The van der Waals surface area contributed by atoms with Crippen molar-refractivity contribution in [2.45, 2.75) is 25.8 Å². The van der Waals surface area contributed by atoms with Gasteiger partial charge >= 0.3 is 0 Å². The van der Waals surface area contributed by atoms with Crippen LogP contribution < -0.4 is 10.6 Å². The first-order chi connectivity index (χ1) is 7.19. The number of hydrogen-bond acceptors (Lipinski definition) is 3. The van der Waals surface area contributed by atoms with Crippen molar-refractivity contribution in [3.8, 4) is 0 Å². The molecule has 1 amide bonds. The molecule has 0 spiro atoms. The summed E-state index contributed by atoms with van der Waals surface area (Å²) in [6, 6.07) is 3.54. The lowest BCUT2D eigenvalue weighted by atomic mass is 10.1. The molecule has 1 unspecified atom stereocenters. The Labute approximate surface area is 93.0 Å². The number of nitrogens with one attached hydrogen (secondary N) is 2. The summed E-state index contributed by atoms with van der Waals surface area (Å²) in [6.45, 7) is 2.03. The number of hydrogen-bond donors (Lipinski definition) is 2. The summed E-state index contributed by atoms with van der Waals surface area (Å²) >= 11 is 5.79. The van der Waals surface area contributed by atoms with Crippen LogP contribution in [0.1, 0.15) is 19.8 Å². The van der Waals surface area contributed by atoms with Crippen LogP contribution in [0.4, 0.5) is 11.5 Å². The number of nitrogens with zero attached hydrogens (tertiary/aromatic N) is 1. The van der Waals surface area contributed by atoms with Crippen molar-refractivity contribution in [2.24, 2.45) is 0 Å². The number of halogens is 1. The first kappa shape index (κ1) is 10.2. The summed E-state index contributed by atoms with van der Waals surface area (Å²) < 4.78 is 0. The van der Waals surface area contributed by atoms with E-state index in [4.69, 9.17) is 11.6 Å². The monoisotopic (exact) mass is 225 g/mol. The lowest BCUT2D eigenvalue weighted by molar-refractivity contribution is -0.116. The number of amides is 1. The Hall–Kier alpha value is -1.29. The number of carbonyl (C=O) groups excluding carboxylic acids is 1. The molecule has 1 atom stereocenters. The quantitative estimate of drug-likeness (QED) is 0.721. The molecule has 1 aliphatic heterocycles. The Kier molecular flexibility index (Phi) is 2.77. The second-order valence-electron chi connectivity index (χ2n) is 3.53. The van der Waals surface area contributed by atoms with E-state index in [-0.39, 0.29) is 11.9 Å². The fraction of sp³-hybridized carbons (Fsp3) is 0.400. The van der Waals surface area contributed by atoms with Crippen LogP contribution in [0.25, 0.3) is 0 Å². The molecule has 4 nitrogen and oxygen atoms in total. The van der Waals surface area contributed by atoms with Gasteiger partial charge in [-0.1, -0.05) is 18.5 Å². The molecule has 1 aromatic rings. The molecular formula is C10H12ClN3O. The van der Waals surface area contributed by atoms with Crippen molar-refractivity contribution in [2.75, 3.05) is 10.6 Å². The van der Waals surface area contributed by atoms with Gasteiger partial charge in [0.25, 0.3) is 0 Å². The molecule has 2 heterocycles. The lowest BCUT2D eigenvalue weighted by Crippen LogP contribution is -2.21. The van der Waals surface area contributed by atoms with E-state index in [1.54, 1.807) is 12.1 Å². The van der Waals surface area contributed by atoms with Crippen LogP contribution in [0.2, 0.25) is 5.15 Å². The van der Waals surface area contributed by atoms with E-state index in [0.717, 1.165) is 6.42 Å². The molecule has 2 rings (SSSR count). The molecule has 0 aromatic carbocycles. The zero-order valence-corrected chi connectivity index (χ0v) is 9.14. The van der Waals surface area contributed by atoms with E-state index in [0.29, 0.717) is 23.1 Å². The second-order valence-corrected chi connectivity index (χ2v) is 3.92. The topological polar surface area (TPSA) is 54.0 Å². The van der Waals surface area contributed by atoms with Gasteiger partial charge in [0.1, 0.15) is 5.15 Å². The first-order valence-corrected chi connectivity index (χ1v) is 5.29. The number of rotatable bonds is 1. The Morgan fingerprint density at radius 2 is 2.40 bits per heavy atom. The molecule has 5 heteroatoms. The summed E-state index contributed by atoms with van der Waals surface area (Å²) in [4.78, 5) is 15.6. The minimum absolute atomic E-state index is 0.0113. The van der Waals surface area contributed by atoms with E-state index in [1.165, 1.54) is 0 Å². The highest BCUT2D eigenvalue weighted by molar-refractivity contribution is 6.29. The molecule has 0 radical (unpaired) electrons. The predicted molar refractivity (Wildman–Crippen MR) is 60.2 cm³/mol. The van der Waals surface area contributed by atoms with Crippen molar-refractivity contribution in [3.63, 3.8) is 0 Å². The molecule has 15 heavy (non-hydrogen) atoms. The average Bonchev–Trinajstić information content (AvgIpc) is 2.35. The Balaban J connectivity index is 2.36. The minimum Gasteiger partial charge on any atom is -0.365 e. The normalized spacial score (nSPS) is 19.9. The maximum Gasteiger partial charge on any atom is 0.226 e. The van der Waals surface area contributed by atoms with E-state index < -0.39 is 0 Å². The highest BCUT2D eigenvalue weighted by Crippen LogP contribution is 2.26. The van der Waals surface area contributed by atoms with Crippen molar-refractivity contribution in [1.82, 2.24) is 4.98 Å². The molecule has 2 N–H and O–H groups in total. The zero-order valence-electron chi connectivity index (χ0n) is 8.38. The van der Waals surface area contributed by atoms with E-state index in [1.807, 2.05) is 6.92 Å². The number of fused-ring (bicyclic) bond motifs is 1. The van der Waals surface area contributed by atoms with Crippen LogP contribution >= 0.6 is 11.6 Å². The molecule has 1 aromatic heterocycles. The minimum atomic E-state index is 0.0113. The number of carbonyl (C=O) groups is 1. The predicted octanol–water partition coefficient (Wildman–Crippen LogP) is 2.27. The molecule has 0 bridgehead atoms. The van der Waals surface area contributed by atoms with Crippen LogP contribution in [0.5, 0.6) is 0 Å². The van der Waals surface area contributed by atoms with Crippen LogP contribution in [0.3, 0.4) is 0 Å². The fourth-order valence-corrected chi connectivity index (χ4v) is 1.71. The largest absolute Gasteiger partial charge is 0.365 e. The van der Waals surface area contributed by atoms with Crippen molar-refractivity contribution in [3.05, 3.63) is 17.3 Å². The molecular weight excluding hydrogens is 214 g/mol. The number of pyridine rings is 1. The van der Waals surface area contributed by atoms with Gasteiger partial charge in [0.2, 0.25) is 5.91 Å². The standard InChI is InChI=1S/C10H12ClN3O/c1-2-6-5-9(15)13-7-3-4-8(11)14-10(7)12-6/h3-4,6H,2,5H2,1H3,(H,12,14)(H,13,15). The number of anilines is 2. The van der Waals surface area contributed by atoms with Crippen LogP contribution in [-0.2, 0) is 4.79 Å². The molecule has 0 aliphatic carbocycles. The van der Waals surface area contributed by atoms with E-state index in [2.05, 4.69) is 15.6 Å². The van der Waals surface area contributed by atoms with E-state index >= 15 is 0 Å². The van der Waals surface area contributed by atoms with Crippen molar-refractivity contribution >= 4 is 29.0 Å². The number of aromatic nitrogens is 1. The van der Waals surface area contributed by atoms with Crippen LogP contribution in [-0.4, -0.2) is 16.9 Å². The summed E-state index contributed by atoms with van der Waals surface area (Å²) in [7, 11) is 0. The highest BCUT2D eigenvalue weighted by atomic mass is 35.5. The summed E-state index contributed by atoms with van der Waals surface area (Å²) in [5.41, 5.74) is 0.695. The SMILES string of the molecule is CCC1CC(=O)Nc2ccc(Cl)nc2N1. The summed E-state index contributed by atoms with van der Waals surface area (Å²) in [6.07, 6.45) is 1.34. The second kappa shape index (κ2) is 4.06. The van der Waals surface area contributed by atoms with Gasteiger partial charge in [0, 0.05) is 12.5 Å². The lowest BCUT2D eigenvalue weighted by Gasteiger charge is -2.13. The molecule has 80 valence electrons. The summed E-state index contributed by atoms with van der Waals surface area (Å²) in [5, 5.41) is 6.42. The highest BCUT2D eigenvalue weighted by Gasteiger charge is 2.20. The molecule has 1 aliphatic rings. The molecule has 0 saturated carbocycles. The zero-order chi connectivity index (χ0) is 10.8. The Morgan fingerprint density at radius 3 is 3.13 bits per heavy atom. The van der Waals surface area contributed by atoms with Gasteiger partial charge in [-0.25, -0.2) is 4.98 Å². The van der Waals surface area contributed by atoms with Gasteiger partial charge in [0.05, 0.1) is 5.69 Å². The van der Waals surface area contributed by atoms with Crippen LogP contribution in [0.15, 0.2) is 12.1 Å². The fourth-order valence-electron chi connectivity index (χ4n) is 1.56. The Morgan fingerprint density at radius 1 is 1.60 bits per heavy atom. The van der Waals surface area contributed by atoms with Gasteiger partial charge in [-0.3, -0.25) is 4.79 Å². The van der Waals surface area contributed by atoms with E-state index in [9.17, 15) is 4.79 Å². The van der Waals surface area contributed by atoms with Crippen molar-refractivity contribution < 1.29 is 4.79 Å². The smallest absolute Gasteiger partial charge is 0.226 e. The summed E-state index contributed by atoms with van der Waals surface area (Å²) in [5.74, 6) is 0.664. The van der Waals surface area contributed by atoms with Gasteiger partial charge in [0.15, 0.2) is 5.82 Å². The van der Waals surface area contributed by atoms with Gasteiger partial charge in [-0.05, 0) is 18.6 Å². The Bertz CT molecular complexity index is 394. The van der Waals surface area contributed by atoms with Gasteiger partial charge in [-0.15, -0.1) is 0 Å². The van der Waals surface area contributed by atoms with Gasteiger partial charge in [-0.2, -0.15) is 0 Å². The van der Waals surface area contributed by atoms with Crippen LogP contribution in [0, 0.1) is 0 Å². The van der Waals surface area contributed by atoms with Gasteiger partial charge < -0.3 is 10.6 Å². The maximum atomic E-state index is 11.5. The first-order valence-electron chi connectivity index (χ1n) is 4.92. The third-order valence-electron chi connectivity index (χ3n) is 2.40. The average molecular weight is 226 g/mol. The van der Waals surface area contributed by atoms with Crippen molar-refractivity contribution in [1.29, 1.82) is 0 Å². The molecule has 0 saturated heterocycles. The maximum absolute atomic E-state index is 11.5. The third kappa shape index (κ3) is 2.21. The third-order valence-corrected chi connectivity index (χ3v) is 2.61.